The van der Waals surface area contributed by atoms with E-state index in [-0.39, 0.29) is 5.97 Å². The number of carbonyl (C=O) groups is 1. The van der Waals surface area contributed by atoms with Gasteiger partial charge in [0.1, 0.15) is 5.75 Å². The average Bonchev–Trinajstić information content (AvgIpc) is 3.35. The maximum atomic E-state index is 11.4. The highest BCUT2D eigenvalue weighted by Gasteiger charge is 2.13. The highest BCUT2D eigenvalue weighted by atomic mass is 16.5. The van der Waals surface area contributed by atoms with Crippen molar-refractivity contribution in [2.45, 2.75) is 52.0 Å². The van der Waals surface area contributed by atoms with Gasteiger partial charge in [-0.3, -0.25) is 4.79 Å². The van der Waals surface area contributed by atoms with Crippen LogP contribution in [0.2, 0.25) is 0 Å². The molecule has 0 radical (unpaired) electrons. The van der Waals surface area contributed by atoms with Crippen LogP contribution in [0.4, 0.5) is 5.69 Å². The molecule has 0 unspecified atom stereocenters. The maximum Gasteiger partial charge on any atom is 0.305 e. The second-order valence-electron chi connectivity index (χ2n) is 9.35. The summed E-state index contributed by atoms with van der Waals surface area (Å²) >= 11 is 0. The summed E-state index contributed by atoms with van der Waals surface area (Å²) in [5.41, 5.74) is 8.89. The van der Waals surface area contributed by atoms with Gasteiger partial charge in [0.25, 0.3) is 0 Å². The molecule has 36 heavy (non-hydrogen) atoms. The summed E-state index contributed by atoms with van der Waals surface area (Å²) < 4.78 is 10.7. The van der Waals surface area contributed by atoms with Gasteiger partial charge in [0.15, 0.2) is 0 Å². The second kappa shape index (κ2) is 11.3. The van der Waals surface area contributed by atoms with Crippen molar-refractivity contribution in [2.24, 2.45) is 0 Å². The van der Waals surface area contributed by atoms with Crippen molar-refractivity contribution >= 4 is 22.6 Å². The highest BCUT2D eigenvalue weighted by molar-refractivity contribution is 5.89. The molecule has 0 saturated carbocycles. The van der Waals surface area contributed by atoms with Crippen molar-refractivity contribution in [2.75, 3.05) is 18.5 Å². The molecule has 0 aliphatic heterocycles. The van der Waals surface area contributed by atoms with Crippen LogP contribution in [0.3, 0.4) is 0 Å². The van der Waals surface area contributed by atoms with E-state index in [9.17, 15) is 4.79 Å². The van der Waals surface area contributed by atoms with Crippen LogP contribution in [-0.4, -0.2) is 24.2 Å². The third-order valence-corrected chi connectivity index (χ3v) is 6.88. The summed E-state index contributed by atoms with van der Waals surface area (Å²) in [4.78, 5) is 15.0. The molecule has 186 valence electrons. The minimum atomic E-state index is -0.173. The molecule has 5 nitrogen and oxygen atoms in total. The van der Waals surface area contributed by atoms with Gasteiger partial charge in [-0.1, -0.05) is 24.3 Å². The van der Waals surface area contributed by atoms with Crippen LogP contribution in [-0.2, 0) is 28.9 Å². The summed E-state index contributed by atoms with van der Waals surface area (Å²) in [6.45, 7) is 3.52. The summed E-state index contributed by atoms with van der Waals surface area (Å²) in [5, 5.41) is 4.96. The van der Waals surface area contributed by atoms with Crippen molar-refractivity contribution in [3.8, 4) is 17.0 Å². The Balaban J connectivity index is 1.24. The second-order valence-corrected chi connectivity index (χ2v) is 9.35. The van der Waals surface area contributed by atoms with Gasteiger partial charge < -0.3 is 19.8 Å². The van der Waals surface area contributed by atoms with Gasteiger partial charge in [-0.25, -0.2) is 0 Å². The third kappa shape index (κ3) is 5.56. The van der Waals surface area contributed by atoms with Gasteiger partial charge in [0, 0.05) is 35.2 Å². The number of benzene rings is 3. The van der Waals surface area contributed by atoms with Crippen molar-refractivity contribution in [3.63, 3.8) is 0 Å². The zero-order chi connectivity index (χ0) is 24.7. The number of rotatable bonds is 10. The van der Waals surface area contributed by atoms with Crippen LogP contribution in [0.25, 0.3) is 22.2 Å². The molecule has 1 heterocycles. The van der Waals surface area contributed by atoms with Crippen molar-refractivity contribution in [1.82, 2.24) is 4.98 Å². The number of fused-ring (bicyclic) bond motifs is 2. The first-order valence-corrected chi connectivity index (χ1v) is 13.1. The fourth-order valence-electron chi connectivity index (χ4n) is 5.04. The van der Waals surface area contributed by atoms with Crippen molar-refractivity contribution < 1.29 is 14.3 Å². The van der Waals surface area contributed by atoms with E-state index in [4.69, 9.17) is 9.47 Å². The van der Waals surface area contributed by atoms with E-state index >= 15 is 0 Å². The van der Waals surface area contributed by atoms with E-state index in [1.165, 1.54) is 53.4 Å². The summed E-state index contributed by atoms with van der Waals surface area (Å²) in [7, 11) is 0. The van der Waals surface area contributed by atoms with E-state index in [1.54, 1.807) is 0 Å². The number of H-pyrrole nitrogens is 1. The molecule has 1 aliphatic rings. The molecule has 0 amide bonds. The zero-order valence-corrected chi connectivity index (χ0v) is 20.9. The van der Waals surface area contributed by atoms with Crippen LogP contribution in [0.15, 0.2) is 66.7 Å². The Morgan fingerprint density at radius 3 is 2.69 bits per heavy atom. The topological polar surface area (TPSA) is 63.4 Å². The molecule has 5 rings (SSSR count). The molecular weight excluding hydrogens is 448 g/mol. The zero-order valence-electron chi connectivity index (χ0n) is 20.9. The molecule has 1 aromatic heterocycles. The van der Waals surface area contributed by atoms with E-state index in [0.29, 0.717) is 26.1 Å². The Morgan fingerprint density at radius 1 is 1.00 bits per heavy atom. The standard InChI is InChI=1S/C31H34N2O3/c1-2-35-31(34)14-7-19-36-25-17-15-23(16-18-25)30-20-27-24(10-6-13-29(27)33-30)21-32-28-12-5-9-22-8-3-4-11-26(22)28/h5-6,9-10,12-13,15-18,20,32-33H,2-4,7-8,11,14,19,21H2,1H3. The predicted molar refractivity (Wildman–Crippen MR) is 146 cm³/mol. The number of carbonyl (C=O) groups excluding carboxylic acids is 1. The van der Waals surface area contributed by atoms with Gasteiger partial charge in [0.2, 0.25) is 0 Å². The minimum absolute atomic E-state index is 0.173. The molecule has 0 bridgehead atoms. The molecule has 3 aromatic carbocycles. The largest absolute Gasteiger partial charge is 0.494 e. The number of anilines is 1. The van der Waals surface area contributed by atoms with Crippen molar-refractivity contribution in [1.29, 1.82) is 0 Å². The van der Waals surface area contributed by atoms with Gasteiger partial charge in [0.05, 0.1) is 13.2 Å². The first-order chi connectivity index (χ1) is 17.7. The third-order valence-electron chi connectivity index (χ3n) is 6.88. The summed E-state index contributed by atoms with van der Waals surface area (Å²) in [5.74, 6) is 0.628. The normalized spacial score (nSPS) is 12.8. The number of aromatic amines is 1. The highest BCUT2D eigenvalue weighted by Crippen LogP contribution is 2.31. The van der Waals surface area contributed by atoms with E-state index in [2.05, 4.69) is 64.9 Å². The van der Waals surface area contributed by atoms with Crippen LogP contribution < -0.4 is 10.1 Å². The van der Waals surface area contributed by atoms with Crippen LogP contribution >= 0.6 is 0 Å². The van der Waals surface area contributed by atoms with Gasteiger partial charge >= 0.3 is 5.97 Å². The number of hydrogen-bond acceptors (Lipinski definition) is 4. The molecule has 4 aromatic rings. The average molecular weight is 483 g/mol. The molecule has 1 aliphatic carbocycles. The first-order valence-electron chi connectivity index (χ1n) is 13.1. The number of aryl methyl sites for hydroxylation is 1. The molecule has 0 atom stereocenters. The lowest BCUT2D eigenvalue weighted by Crippen LogP contribution is -2.08. The Labute approximate surface area is 212 Å². The SMILES string of the molecule is CCOC(=O)CCCOc1ccc(-c2cc3c(CNc4cccc5c4CCCC5)cccc3[nH]2)cc1. The van der Waals surface area contributed by atoms with Gasteiger partial charge in [-0.2, -0.15) is 0 Å². The molecule has 5 heteroatoms. The van der Waals surface area contributed by atoms with Crippen molar-refractivity contribution in [3.05, 3.63) is 83.4 Å². The Hall–Kier alpha value is -3.73. The molecule has 0 saturated heterocycles. The lowest BCUT2D eigenvalue weighted by molar-refractivity contribution is -0.143. The maximum absolute atomic E-state index is 11.4. The predicted octanol–water partition coefficient (Wildman–Crippen LogP) is 7.05. The van der Waals surface area contributed by atoms with Gasteiger partial charge in [-0.05, 0) is 104 Å². The monoisotopic (exact) mass is 482 g/mol. The molecule has 0 fully saturated rings. The summed E-state index contributed by atoms with van der Waals surface area (Å²) in [6, 6.07) is 23.5. The minimum Gasteiger partial charge on any atom is -0.494 e. The van der Waals surface area contributed by atoms with Gasteiger partial charge in [-0.15, -0.1) is 0 Å². The molecule has 2 N–H and O–H groups in total. The smallest absolute Gasteiger partial charge is 0.305 e. The lowest BCUT2D eigenvalue weighted by Gasteiger charge is -2.20. The Kier molecular flexibility index (Phi) is 7.55. The fraction of sp³-hybridized carbons (Fsp3) is 0.323. The number of aromatic nitrogens is 1. The van der Waals surface area contributed by atoms with Crippen LogP contribution in [0, 0.1) is 0 Å². The van der Waals surface area contributed by atoms with Crippen LogP contribution in [0.5, 0.6) is 5.75 Å². The number of nitrogens with one attached hydrogen (secondary N) is 2. The lowest BCUT2D eigenvalue weighted by atomic mass is 9.90. The van der Waals surface area contributed by atoms with E-state index in [0.717, 1.165) is 29.1 Å². The molecular formula is C31H34N2O3. The van der Waals surface area contributed by atoms with E-state index < -0.39 is 0 Å². The van der Waals surface area contributed by atoms with E-state index in [1.807, 2.05) is 19.1 Å². The molecule has 0 spiro atoms. The van der Waals surface area contributed by atoms with Crippen LogP contribution in [0.1, 0.15) is 49.3 Å². The quantitative estimate of drug-likeness (QED) is 0.188. The Morgan fingerprint density at radius 2 is 1.83 bits per heavy atom. The Bertz CT molecular complexity index is 1320. The summed E-state index contributed by atoms with van der Waals surface area (Å²) in [6.07, 6.45) is 5.96. The number of ether oxygens (including phenoxy) is 2. The first kappa shape index (κ1) is 24.0. The number of hydrogen-bond donors (Lipinski definition) is 2. The number of esters is 1. The fourth-order valence-corrected chi connectivity index (χ4v) is 5.04.